The third-order valence-electron chi connectivity index (χ3n) is 3.30. The van der Waals surface area contributed by atoms with Gasteiger partial charge in [-0.15, -0.1) is 0 Å². The second kappa shape index (κ2) is 6.16. The van der Waals surface area contributed by atoms with Crippen LogP contribution in [0.2, 0.25) is 0 Å². The molecule has 0 aromatic heterocycles. The molecule has 0 fully saturated rings. The number of para-hydroxylation sites is 1. The van der Waals surface area contributed by atoms with E-state index in [1.54, 1.807) is 0 Å². The fourth-order valence-corrected chi connectivity index (χ4v) is 2.39. The molecule has 1 aliphatic heterocycles. The largest absolute Gasteiger partial charge is 0.373 e. The van der Waals surface area contributed by atoms with E-state index in [0.717, 1.165) is 18.5 Å². The van der Waals surface area contributed by atoms with Crippen molar-refractivity contribution in [2.45, 2.75) is 45.2 Å². The van der Waals surface area contributed by atoms with Crippen molar-refractivity contribution < 1.29 is 9.59 Å². The molecule has 114 valence electrons. The Morgan fingerprint density at radius 2 is 2.00 bits per heavy atom. The van der Waals surface area contributed by atoms with Crippen LogP contribution in [0.3, 0.4) is 0 Å². The normalized spacial score (nSPS) is 17.4. The molecule has 5 nitrogen and oxygen atoms in total. The van der Waals surface area contributed by atoms with Crippen LogP contribution < -0.4 is 16.0 Å². The van der Waals surface area contributed by atoms with Crippen LogP contribution in [0.15, 0.2) is 24.3 Å². The smallest absolute Gasteiger partial charge is 0.242 e. The zero-order valence-corrected chi connectivity index (χ0v) is 12.8. The van der Waals surface area contributed by atoms with E-state index in [1.807, 2.05) is 39.0 Å². The maximum absolute atomic E-state index is 12.1. The molecular weight excluding hydrogens is 266 g/mol. The summed E-state index contributed by atoms with van der Waals surface area (Å²) in [6.07, 6.45) is 1.61. The Morgan fingerprint density at radius 1 is 1.29 bits per heavy atom. The molecule has 0 saturated heterocycles. The summed E-state index contributed by atoms with van der Waals surface area (Å²) in [5.74, 6) is -0.305. The molecule has 0 radical (unpaired) electrons. The van der Waals surface area contributed by atoms with Crippen molar-refractivity contribution >= 4 is 17.5 Å². The van der Waals surface area contributed by atoms with E-state index in [9.17, 15) is 9.59 Å². The molecule has 3 N–H and O–H groups in total. The van der Waals surface area contributed by atoms with Crippen molar-refractivity contribution in [2.75, 3.05) is 11.9 Å². The number of carbonyl (C=O) groups is 2. The number of anilines is 1. The lowest BCUT2D eigenvalue weighted by Crippen LogP contribution is -2.49. The summed E-state index contributed by atoms with van der Waals surface area (Å²) in [4.78, 5) is 23.8. The van der Waals surface area contributed by atoms with Crippen LogP contribution in [0.4, 0.5) is 5.69 Å². The molecule has 0 saturated carbocycles. The summed E-state index contributed by atoms with van der Waals surface area (Å²) in [5.41, 5.74) is 1.94. The van der Waals surface area contributed by atoms with Gasteiger partial charge in [0.25, 0.3) is 0 Å². The highest BCUT2D eigenvalue weighted by Crippen LogP contribution is 2.24. The lowest BCUT2D eigenvalue weighted by atomic mass is 9.98. The highest BCUT2D eigenvalue weighted by Gasteiger charge is 2.24. The number of nitrogens with one attached hydrogen (secondary N) is 3. The minimum Gasteiger partial charge on any atom is -0.373 e. The maximum Gasteiger partial charge on any atom is 0.242 e. The van der Waals surface area contributed by atoms with Crippen molar-refractivity contribution in [3.8, 4) is 0 Å². The minimum absolute atomic E-state index is 0.00985. The fourth-order valence-electron chi connectivity index (χ4n) is 2.39. The summed E-state index contributed by atoms with van der Waals surface area (Å²) in [7, 11) is 0. The third kappa shape index (κ3) is 4.48. The van der Waals surface area contributed by atoms with Crippen molar-refractivity contribution in [3.05, 3.63) is 29.8 Å². The van der Waals surface area contributed by atoms with E-state index < -0.39 is 0 Å². The van der Waals surface area contributed by atoms with E-state index in [4.69, 9.17) is 0 Å². The van der Waals surface area contributed by atoms with Crippen LogP contribution in [-0.2, 0) is 16.0 Å². The van der Waals surface area contributed by atoms with Crippen LogP contribution >= 0.6 is 0 Å². The first kappa shape index (κ1) is 15.4. The van der Waals surface area contributed by atoms with Gasteiger partial charge < -0.3 is 16.0 Å². The van der Waals surface area contributed by atoms with Crippen molar-refractivity contribution in [3.63, 3.8) is 0 Å². The Hall–Kier alpha value is -2.04. The van der Waals surface area contributed by atoms with Crippen LogP contribution in [-0.4, -0.2) is 29.9 Å². The fraction of sp³-hybridized carbons (Fsp3) is 0.500. The second-order valence-electron chi connectivity index (χ2n) is 6.41. The van der Waals surface area contributed by atoms with E-state index in [1.165, 1.54) is 5.56 Å². The van der Waals surface area contributed by atoms with Gasteiger partial charge in [0.2, 0.25) is 11.8 Å². The molecule has 1 unspecified atom stereocenters. The Labute approximate surface area is 125 Å². The van der Waals surface area contributed by atoms with E-state index >= 15 is 0 Å². The molecule has 1 atom stereocenters. The quantitative estimate of drug-likeness (QED) is 0.788. The Morgan fingerprint density at radius 3 is 2.71 bits per heavy atom. The number of hydrogen-bond donors (Lipinski definition) is 3. The van der Waals surface area contributed by atoms with Gasteiger partial charge >= 0.3 is 0 Å². The molecule has 21 heavy (non-hydrogen) atoms. The van der Waals surface area contributed by atoms with E-state index in [0.29, 0.717) is 0 Å². The predicted octanol–water partition coefficient (Wildman–Crippen LogP) is 1.44. The third-order valence-corrected chi connectivity index (χ3v) is 3.30. The minimum atomic E-state index is -0.288. The Bertz CT molecular complexity index is 535. The second-order valence-corrected chi connectivity index (χ2v) is 6.41. The summed E-state index contributed by atoms with van der Waals surface area (Å²) in [6, 6.07) is 7.71. The lowest BCUT2D eigenvalue weighted by molar-refractivity contribution is -0.127. The van der Waals surface area contributed by atoms with Gasteiger partial charge in [-0.3, -0.25) is 9.59 Å². The monoisotopic (exact) mass is 289 g/mol. The molecule has 1 aromatic rings. The summed E-state index contributed by atoms with van der Waals surface area (Å²) in [6.45, 7) is 5.74. The number of rotatable bonds is 3. The van der Waals surface area contributed by atoms with Gasteiger partial charge in [0.05, 0.1) is 6.54 Å². The van der Waals surface area contributed by atoms with Gasteiger partial charge in [0, 0.05) is 11.2 Å². The molecule has 1 aromatic carbocycles. The van der Waals surface area contributed by atoms with E-state index in [-0.39, 0.29) is 29.9 Å². The molecule has 2 amide bonds. The maximum atomic E-state index is 12.1. The van der Waals surface area contributed by atoms with Crippen molar-refractivity contribution in [2.24, 2.45) is 0 Å². The number of hydrogen-bond acceptors (Lipinski definition) is 3. The predicted molar refractivity (Wildman–Crippen MR) is 83.1 cm³/mol. The summed E-state index contributed by atoms with van der Waals surface area (Å²) < 4.78 is 0. The van der Waals surface area contributed by atoms with Crippen LogP contribution in [0.5, 0.6) is 0 Å². The molecule has 1 heterocycles. The first-order valence-electron chi connectivity index (χ1n) is 7.28. The first-order valence-corrected chi connectivity index (χ1v) is 7.28. The van der Waals surface area contributed by atoms with Crippen LogP contribution in [0.25, 0.3) is 0 Å². The van der Waals surface area contributed by atoms with Gasteiger partial charge in [-0.25, -0.2) is 0 Å². The molecular formula is C16H23N3O2. The topological polar surface area (TPSA) is 70.2 Å². The van der Waals surface area contributed by atoms with Gasteiger partial charge in [-0.1, -0.05) is 18.2 Å². The zero-order valence-electron chi connectivity index (χ0n) is 12.8. The van der Waals surface area contributed by atoms with Crippen LogP contribution in [0, 0.1) is 0 Å². The van der Waals surface area contributed by atoms with Crippen molar-refractivity contribution in [1.82, 2.24) is 10.6 Å². The van der Waals surface area contributed by atoms with Gasteiger partial charge in [0.1, 0.15) is 6.04 Å². The van der Waals surface area contributed by atoms with Gasteiger partial charge in [-0.2, -0.15) is 0 Å². The molecule has 2 rings (SSSR count). The van der Waals surface area contributed by atoms with Gasteiger partial charge in [-0.05, 0) is 45.2 Å². The molecule has 5 heteroatoms. The average molecular weight is 289 g/mol. The van der Waals surface area contributed by atoms with Gasteiger partial charge in [0.15, 0.2) is 0 Å². The van der Waals surface area contributed by atoms with E-state index in [2.05, 4.69) is 22.0 Å². The Balaban J connectivity index is 1.84. The van der Waals surface area contributed by atoms with Crippen molar-refractivity contribution in [1.29, 1.82) is 0 Å². The molecule has 1 aliphatic rings. The standard InChI is InChI=1S/C16H23N3O2/c1-16(2,3)19-14(20)10-17-15(21)13-9-8-11-6-4-5-7-12(11)18-13/h4-7,13,18H,8-10H2,1-3H3,(H,17,21)(H,19,20). The number of carbonyl (C=O) groups excluding carboxylic acids is 2. The number of amides is 2. The molecule has 0 bridgehead atoms. The Kier molecular flexibility index (Phi) is 4.50. The number of aryl methyl sites for hydroxylation is 1. The highest BCUT2D eigenvalue weighted by atomic mass is 16.2. The average Bonchev–Trinajstić information content (AvgIpc) is 2.42. The summed E-state index contributed by atoms with van der Waals surface area (Å²) in [5, 5.41) is 8.74. The zero-order chi connectivity index (χ0) is 15.5. The number of benzene rings is 1. The SMILES string of the molecule is CC(C)(C)NC(=O)CNC(=O)C1CCc2ccccc2N1. The summed E-state index contributed by atoms with van der Waals surface area (Å²) >= 11 is 0. The highest BCUT2D eigenvalue weighted by molar-refractivity contribution is 5.89. The molecule has 0 spiro atoms. The molecule has 0 aliphatic carbocycles. The number of fused-ring (bicyclic) bond motifs is 1. The lowest BCUT2D eigenvalue weighted by Gasteiger charge is -2.26. The van der Waals surface area contributed by atoms with Crippen LogP contribution in [0.1, 0.15) is 32.8 Å². The first-order chi connectivity index (χ1) is 9.85.